The molecular formula is C9H18O. The van der Waals surface area contributed by atoms with Crippen molar-refractivity contribution in [1.29, 1.82) is 0 Å². The maximum absolute atomic E-state index is 9.50. The van der Waals surface area contributed by atoms with E-state index in [0.29, 0.717) is 5.92 Å². The van der Waals surface area contributed by atoms with Gasteiger partial charge < -0.3 is 5.11 Å². The summed E-state index contributed by atoms with van der Waals surface area (Å²) in [5.41, 5.74) is 0. The summed E-state index contributed by atoms with van der Waals surface area (Å²) in [6.07, 6.45) is 7.35. The van der Waals surface area contributed by atoms with Gasteiger partial charge in [-0.15, -0.1) is 0 Å². The van der Waals surface area contributed by atoms with E-state index in [1.54, 1.807) is 0 Å². The van der Waals surface area contributed by atoms with Crippen molar-refractivity contribution in [2.45, 2.75) is 51.6 Å². The molecule has 0 amide bonds. The molecule has 0 saturated heterocycles. The monoisotopic (exact) mass is 142 g/mol. The molecule has 0 aliphatic heterocycles. The Morgan fingerprint density at radius 2 is 2.00 bits per heavy atom. The maximum Gasteiger partial charge on any atom is 0.0568 e. The van der Waals surface area contributed by atoms with Gasteiger partial charge in [0.1, 0.15) is 0 Å². The molecule has 0 heterocycles. The van der Waals surface area contributed by atoms with Crippen LogP contribution in [0.15, 0.2) is 0 Å². The van der Waals surface area contributed by atoms with Crippen LogP contribution in [0.25, 0.3) is 0 Å². The van der Waals surface area contributed by atoms with Crippen LogP contribution < -0.4 is 0 Å². The molecule has 0 aromatic rings. The lowest BCUT2D eigenvalue weighted by Crippen LogP contribution is -2.23. The lowest BCUT2D eigenvalue weighted by Gasteiger charge is -2.26. The van der Waals surface area contributed by atoms with Crippen LogP contribution in [0.2, 0.25) is 0 Å². The summed E-state index contributed by atoms with van der Waals surface area (Å²) in [4.78, 5) is 0. The summed E-state index contributed by atoms with van der Waals surface area (Å²) >= 11 is 0. The summed E-state index contributed by atoms with van der Waals surface area (Å²) in [5.74, 6) is 0.624. The molecule has 0 aromatic carbocycles. The fraction of sp³-hybridized carbons (Fsp3) is 1.00. The van der Waals surface area contributed by atoms with E-state index >= 15 is 0 Å². The first kappa shape index (κ1) is 8.06. The Hall–Kier alpha value is -0.0400. The van der Waals surface area contributed by atoms with Gasteiger partial charge in [-0.25, -0.2) is 0 Å². The molecule has 1 aliphatic rings. The molecular weight excluding hydrogens is 124 g/mol. The van der Waals surface area contributed by atoms with Crippen LogP contribution >= 0.6 is 0 Å². The van der Waals surface area contributed by atoms with E-state index < -0.39 is 0 Å². The Morgan fingerprint density at radius 1 is 1.30 bits per heavy atom. The second-order valence-electron chi connectivity index (χ2n) is 3.40. The van der Waals surface area contributed by atoms with Crippen molar-refractivity contribution >= 4 is 0 Å². The highest BCUT2D eigenvalue weighted by atomic mass is 16.3. The topological polar surface area (TPSA) is 20.2 Å². The second kappa shape index (κ2) is 3.97. The quantitative estimate of drug-likeness (QED) is 0.627. The van der Waals surface area contributed by atoms with E-state index in [0.717, 1.165) is 6.42 Å². The smallest absolute Gasteiger partial charge is 0.0568 e. The third-order valence-corrected chi connectivity index (χ3v) is 2.53. The zero-order valence-corrected chi connectivity index (χ0v) is 6.84. The van der Waals surface area contributed by atoms with Gasteiger partial charge in [0.25, 0.3) is 0 Å². The zero-order chi connectivity index (χ0) is 7.40. The van der Waals surface area contributed by atoms with E-state index in [9.17, 15) is 5.11 Å². The van der Waals surface area contributed by atoms with Crippen LogP contribution in [-0.4, -0.2) is 11.2 Å². The summed E-state index contributed by atoms with van der Waals surface area (Å²) in [7, 11) is 0. The van der Waals surface area contributed by atoms with Crippen molar-refractivity contribution < 1.29 is 5.11 Å². The minimum absolute atomic E-state index is 0.0219. The first-order valence-corrected chi connectivity index (χ1v) is 4.52. The van der Waals surface area contributed by atoms with E-state index in [-0.39, 0.29) is 6.10 Å². The first-order valence-electron chi connectivity index (χ1n) is 4.52. The van der Waals surface area contributed by atoms with Crippen LogP contribution in [0.3, 0.4) is 0 Å². The predicted octanol–water partition coefficient (Wildman–Crippen LogP) is 2.34. The van der Waals surface area contributed by atoms with Gasteiger partial charge in [-0.3, -0.25) is 0 Å². The molecule has 1 fully saturated rings. The minimum atomic E-state index is 0.0219. The van der Waals surface area contributed by atoms with Crippen molar-refractivity contribution in [3.8, 4) is 0 Å². The highest BCUT2D eigenvalue weighted by molar-refractivity contribution is 4.73. The zero-order valence-electron chi connectivity index (χ0n) is 6.84. The van der Waals surface area contributed by atoms with Crippen molar-refractivity contribution in [1.82, 2.24) is 0 Å². The summed E-state index contributed by atoms with van der Waals surface area (Å²) in [6.45, 7) is 2.20. The Bertz CT molecular complexity index is 88.7. The Balaban J connectivity index is 2.25. The molecule has 0 spiro atoms. The Kier molecular flexibility index (Phi) is 3.20. The molecule has 1 unspecified atom stereocenters. The lowest BCUT2D eigenvalue weighted by atomic mass is 9.84. The van der Waals surface area contributed by atoms with E-state index in [4.69, 9.17) is 0 Å². The average molecular weight is 142 g/mol. The third-order valence-electron chi connectivity index (χ3n) is 2.53. The van der Waals surface area contributed by atoms with Crippen molar-refractivity contribution in [2.75, 3.05) is 0 Å². The molecule has 0 bridgehead atoms. The van der Waals surface area contributed by atoms with Crippen LogP contribution in [-0.2, 0) is 0 Å². The average Bonchev–Trinajstić information content (AvgIpc) is 1.94. The van der Waals surface area contributed by atoms with Gasteiger partial charge in [0, 0.05) is 0 Å². The van der Waals surface area contributed by atoms with Gasteiger partial charge >= 0.3 is 0 Å². The second-order valence-corrected chi connectivity index (χ2v) is 3.40. The fourth-order valence-corrected chi connectivity index (χ4v) is 1.90. The standard InChI is InChI=1S/C9H18O/c1-2-5-8-6-3-4-7-9(8)10/h8-10H,2-7H2,1H3/t8?,9-/m1/s1. The molecule has 1 rings (SSSR count). The number of hydrogen-bond acceptors (Lipinski definition) is 1. The molecule has 1 nitrogen and oxygen atoms in total. The van der Waals surface area contributed by atoms with Gasteiger partial charge in [-0.05, 0) is 25.2 Å². The molecule has 1 saturated carbocycles. The Labute approximate surface area is 63.4 Å². The van der Waals surface area contributed by atoms with E-state index in [1.807, 2.05) is 0 Å². The first-order chi connectivity index (χ1) is 4.84. The normalized spacial score (nSPS) is 34.2. The summed E-state index contributed by atoms with van der Waals surface area (Å²) in [5, 5.41) is 9.50. The van der Waals surface area contributed by atoms with Gasteiger partial charge in [-0.2, -0.15) is 0 Å². The summed E-state index contributed by atoms with van der Waals surface area (Å²) in [6, 6.07) is 0. The number of rotatable bonds is 2. The Morgan fingerprint density at radius 3 is 2.60 bits per heavy atom. The maximum atomic E-state index is 9.50. The van der Waals surface area contributed by atoms with Crippen LogP contribution in [0.1, 0.15) is 45.4 Å². The molecule has 60 valence electrons. The number of hydrogen-bond donors (Lipinski definition) is 1. The molecule has 1 heteroatoms. The number of aliphatic hydroxyl groups is 1. The van der Waals surface area contributed by atoms with Crippen LogP contribution in [0, 0.1) is 5.92 Å². The molecule has 10 heavy (non-hydrogen) atoms. The molecule has 1 N–H and O–H groups in total. The molecule has 2 atom stereocenters. The van der Waals surface area contributed by atoms with Gasteiger partial charge in [0.15, 0.2) is 0 Å². The fourth-order valence-electron chi connectivity index (χ4n) is 1.90. The van der Waals surface area contributed by atoms with Crippen molar-refractivity contribution in [3.63, 3.8) is 0 Å². The van der Waals surface area contributed by atoms with E-state index in [2.05, 4.69) is 6.92 Å². The van der Waals surface area contributed by atoms with Crippen molar-refractivity contribution in [2.24, 2.45) is 5.92 Å². The SMILES string of the molecule is CCCC1CCCC[C@H]1O. The summed E-state index contributed by atoms with van der Waals surface area (Å²) < 4.78 is 0. The van der Waals surface area contributed by atoms with Gasteiger partial charge in [-0.1, -0.05) is 26.2 Å². The molecule has 0 aromatic heterocycles. The predicted molar refractivity (Wildman–Crippen MR) is 42.9 cm³/mol. The van der Waals surface area contributed by atoms with Gasteiger partial charge in [0.2, 0.25) is 0 Å². The highest BCUT2D eigenvalue weighted by Gasteiger charge is 2.21. The van der Waals surface area contributed by atoms with E-state index in [1.165, 1.54) is 32.1 Å². The number of aliphatic hydroxyl groups excluding tert-OH is 1. The third kappa shape index (κ3) is 1.98. The largest absolute Gasteiger partial charge is 0.393 e. The van der Waals surface area contributed by atoms with Crippen molar-refractivity contribution in [3.05, 3.63) is 0 Å². The minimum Gasteiger partial charge on any atom is -0.393 e. The van der Waals surface area contributed by atoms with Crippen LogP contribution in [0.5, 0.6) is 0 Å². The van der Waals surface area contributed by atoms with Gasteiger partial charge in [0.05, 0.1) is 6.10 Å². The molecule has 1 aliphatic carbocycles. The lowest BCUT2D eigenvalue weighted by molar-refractivity contribution is 0.0650. The molecule has 0 radical (unpaired) electrons. The van der Waals surface area contributed by atoms with Crippen LogP contribution in [0.4, 0.5) is 0 Å². The highest BCUT2D eigenvalue weighted by Crippen LogP contribution is 2.27.